The summed E-state index contributed by atoms with van der Waals surface area (Å²) in [5.74, 6) is -2.31. The minimum absolute atomic E-state index is 0.522. The number of hydrogen-bond acceptors (Lipinski definition) is 4. The molecule has 0 radical (unpaired) electrons. The second kappa shape index (κ2) is 5.49. The van der Waals surface area contributed by atoms with Gasteiger partial charge in [-0.2, -0.15) is 18.3 Å². The minimum Gasteiger partial charge on any atom is -0.479 e. The fourth-order valence-electron chi connectivity index (χ4n) is 1.15. The predicted molar refractivity (Wildman–Crippen MR) is 58.5 cm³/mol. The van der Waals surface area contributed by atoms with Crippen LogP contribution in [-0.4, -0.2) is 44.0 Å². The summed E-state index contributed by atoms with van der Waals surface area (Å²) in [6, 6.07) is 0.709. The lowest BCUT2D eigenvalue weighted by atomic mass is 10.1. The Bertz CT molecular complexity index is 510. The maximum Gasteiger partial charge on any atom is 0.435 e. The van der Waals surface area contributed by atoms with Gasteiger partial charge in [0, 0.05) is 6.20 Å². The van der Waals surface area contributed by atoms with Crippen LogP contribution in [0.2, 0.25) is 0 Å². The van der Waals surface area contributed by atoms with Crippen molar-refractivity contribution in [2.75, 3.05) is 6.54 Å². The molecule has 1 heterocycles. The number of aromatic nitrogens is 2. The van der Waals surface area contributed by atoms with Crippen LogP contribution in [0.4, 0.5) is 13.2 Å². The highest BCUT2D eigenvalue weighted by Crippen LogP contribution is 2.27. The van der Waals surface area contributed by atoms with Gasteiger partial charge >= 0.3 is 12.1 Å². The number of carboxylic acids is 1. The summed E-state index contributed by atoms with van der Waals surface area (Å²) in [5.41, 5.74) is -3.29. The van der Waals surface area contributed by atoms with Crippen molar-refractivity contribution in [3.8, 4) is 0 Å². The second-order valence-corrected chi connectivity index (χ2v) is 4.25. The van der Waals surface area contributed by atoms with Crippen LogP contribution in [-0.2, 0) is 22.3 Å². The summed E-state index contributed by atoms with van der Waals surface area (Å²) in [7, 11) is 0. The van der Waals surface area contributed by atoms with Gasteiger partial charge in [-0.05, 0) is 13.0 Å². The minimum atomic E-state index is -4.60. The number of carbonyl (C=O) groups is 2. The monoisotopic (exact) mass is 295 g/mol. The SMILES string of the molecule is CC(O)(CNC(=O)Cn1ccc(C(F)(F)F)n1)C(=O)O. The second-order valence-electron chi connectivity index (χ2n) is 4.25. The molecule has 1 aromatic heterocycles. The van der Waals surface area contributed by atoms with Crippen molar-refractivity contribution >= 4 is 11.9 Å². The molecule has 1 unspecified atom stereocenters. The van der Waals surface area contributed by atoms with Gasteiger partial charge in [0.15, 0.2) is 11.3 Å². The van der Waals surface area contributed by atoms with Crippen LogP contribution in [0, 0.1) is 0 Å². The van der Waals surface area contributed by atoms with E-state index in [9.17, 15) is 27.9 Å². The number of alkyl halides is 3. The first-order valence-electron chi connectivity index (χ1n) is 5.35. The van der Waals surface area contributed by atoms with E-state index >= 15 is 0 Å². The number of halogens is 3. The number of rotatable bonds is 5. The molecule has 0 aliphatic heterocycles. The van der Waals surface area contributed by atoms with Crippen molar-refractivity contribution in [2.45, 2.75) is 25.2 Å². The summed E-state index contributed by atoms with van der Waals surface area (Å²) in [6.45, 7) is -0.119. The molecule has 112 valence electrons. The van der Waals surface area contributed by atoms with Gasteiger partial charge in [-0.25, -0.2) is 4.79 Å². The van der Waals surface area contributed by atoms with Crippen molar-refractivity contribution in [1.82, 2.24) is 15.1 Å². The third kappa shape index (κ3) is 4.23. The Morgan fingerprint density at radius 3 is 2.50 bits per heavy atom. The summed E-state index contributed by atoms with van der Waals surface area (Å²) >= 11 is 0. The van der Waals surface area contributed by atoms with Crippen LogP contribution in [0.1, 0.15) is 12.6 Å². The average Bonchev–Trinajstić information content (AvgIpc) is 2.74. The van der Waals surface area contributed by atoms with Crippen LogP contribution in [0.15, 0.2) is 12.3 Å². The average molecular weight is 295 g/mol. The number of carboxylic acid groups (broad SMARTS) is 1. The molecular weight excluding hydrogens is 283 g/mol. The zero-order valence-electron chi connectivity index (χ0n) is 10.3. The summed E-state index contributed by atoms with van der Waals surface area (Å²) < 4.78 is 37.5. The smallest absolute Gasteiger partial charge is 0.435 e. The Morgan fingerprint density at radius 1 is 1.45 bits per heavy atom. The molecule has 1 rings (SSSR count). The molecule has 0 spiro atoms. The Balaban J connectivity index is 2.55. The van der Waals surface area contributed by atoms with E-state index in [-0.39, 0.29) is 0 Å². The molecule has 3 N–H and O–H groups in total. The first-order valence-corrected chi connectivity index (χ1v) is 5.35. The van der Waals surface area contributed by atoms with E-state index in [1.54, 1.807) is 0 Å². The summed E-state index contributed by atoms with van der Waals surface area (Å²) in [4.78, 5) is 21.9. The molecule has 7 nitrogen and oxygen atoms in total. The molecule has 1 aromatic rings. The molecule has 0 fully saturated rings. The highest BCUT2D eigenvalue weighted by Gasteiger charge is 2.34. The molecule has 10 heteroatoms. The van der Waals surface area contributed by atoms with E-state index in [0.29, 0.717) is 6.07 Å². The maximum atomic E-state index is 12.3. The molecule has 0 saturated heterocycles. The van der Waals surface area contributed by atoms with Crippen molar-refractivity contribution < 1.29 is 33.0 Å². The lowest BCUT2D eigenvalue weighted by Gasteiger charge is -2.18. The van der Waals surface area contributed by atoms with Crippen LogP contribution < -0.4 is 5.32 Å². The number of nitrogens with one attached hydrogen (secondary N) is 1. The molecular formula is C10H12F3N3O4. The Hall–Kier alpha value is -2.10. The topological polar surface area (TPSA) is 104 Å². The summed E-state index contributed by atoms with van der Waals surface area (Å²) in [6.07, 6.45) is -3.63. The zero-order valence-corrected chi connectivity index (χ0v) is 10.3. The highest BCUT2D eigenvalue weighted by atomic mass is 19.4. The third-order valence-corrected chi connectivity index (χ3v) is 2.33. The molecule has 0 aliphatic rings. The van der Waals surface area contributed by atoms with Gasteiger partial charge < -0.3 is 15.5 Å². The first kappa shape index (κ1) is 16.0. The van der Waals surface area contributed by atoms with Crippen molar-refractivity contribution in [3.63, 3.8) is 0 Å². The number of aliphatic hydroxyl groups is 1. The van der Waals surface area contributed by atoms with Gasteiger partial charge in [0.25, 0.3) is 0 Å². The molecule has 0 aromatic carbocycles. The quantitative estimate of drug-likeness (QED) is 0.701. The zero-order chi connectivity index (χ0) is 15.6. The van der Waals surface area contributed by atoms with Gasteiger partial charge in [-0.1, -0.05) is 0 Å². The molecule has 1 amide bonds. The van der Waals surface area contributed by atoms with E-state index in [2.05, 4.69) is 10.4 Å². The van der Waals surface area contributed by atoms with Gasteiger partial charge in [-0.3, -0.25) is 9.48 Å². The lowest BCUT2D eigenvalue weighted by molar-refractivity contribution is -0.156. The first-order chi connectivity index (χ1) is 9.02. The van der Waals surface area contributed by atoms with Crippen LogP contribution in [0.5, 0.6) is 0 Å². The molecule has 1 atom stereocenters. The van der Waals surface area contributed by atoms with Gasteiger partial charge in [0.2, 0.25) is 5.91 Å². The molecule has 0 bridgehead atoms. The Labute approximate surface area is 111 Å². The largest absolute Gasteiger partial charge is 0.479 e. The lowest BCUT2D eigenvalue weighted by Crippen LogP contribution is -2.47. The number of hydrogen-bond donors (Lipinski definition) is 3. The van der Waals surface area contributed by atoms with Crippen LogP contribution >= 0.6 is 0 Å². The van der Waals surface area contributed by atoms with Gasteiger partial charge in [0.1, 0.15) is 6.54 Å². The van der Waals surface area contributed by atoms with Crippen molar-refractivity contribution in [2.24, 2.45) is 0 Å². The fraction of sp³-hybridized carbons (Fsp3) is 0.500. The number of amides is 1. The van der Waals surface area contributed by atoms with Crippen LogP contribution in [0.3, 0.4) is 0 Å². The summed E-state index contributed by atoms with van der Waals surface area (Å²) in [5, 5.41) is 23.2. The Kier molecular flexibility index (Phi) is 4.38. The van der Waals surface area contributed by atoms with Gasteiger partial charge in [0.05, 0.1) is 6.54 Å². The van der Waals surface area contributed by atoms with Gasteiger partial charge in [-0.15, -0.1) is 0 Å². The highest BCUT2D eigenvalue weighted by molar-refractivity contribution is 5.80. The van der Waals surface area contributed by atoms with Crippen molar-refractivity contribution in [3.05, 3.63) is 18.0 Å². The molecule has 0 aliphatic carbocycles. The Morgan fingerprint density at radius 2 is 2.05 bits per heavy atom. The van der Waals surface area contributed by atoms with E-state index in [1.807, 2.05) is 0 Å². The van der Waals surface area contributed by atoms with Crippen LogP contribution in [0.25, 0.3) is 0 Å². The van der Waals surface area contributed by atoms with E-state index in [4.69, 9.17) is 5.11 Å². The normalized spacial score (nSPS) is 14.7. The molecule has 0 saturated carbocycles. The molecule has 20 heavy (non-hydrogen) atoms. The number of nitrogens with zero attached hydrogens (tertiary/aromatic N) is 2. The third-order valence-electron chi connectivity index (χ3n) is 2.33. The van der Waals surface area contributed by atoms with E-state index in [0.717, 1.165) is 17.8 Å². The number of carbonyl (C=O) groups excluding carboxylic acids is 1. The van der Waals surface area contributed by atoms with E-state index < -0.39 is 42.4 Å². The van der Waals surface area contributed by atoms with Crippen molar-refractivity contribution in [1.29, 1.82) is 0 Å². The number of aliphatic carboxylic acids is 1. The van der Waals surface area contributed by atoms with E-state index in [1.165, 1.54) is 0 Å². The fourth-order valence-corrected chi connectivity index (χ4v) is 1.15. The standard InChI is InChI=1S/C10H12F3N3O4/c1-9(20,8(18)19)5-14-7(17)4-16-3-2-6(15-16)10(11,12)13/h2-3,20H,4-5H2,1H3,(H,14,17)(H,18,19). The maximum absolute atomic E-state index is 12.3. The predicted octanol–water partition coefficient (Wildman–Crippen LogP) is -0.146.